The number of hydrogen-bond donors (Lipinski definition) is 0. The monoisotopic (exact) mass is 724 g/mol. The lowest BCUT2D eigenvalue weighted by atomic mass is 9.89. The van der Waals surface area contributed by atoms with Crippen LogP contribution in [0.1, 0.15) is 47.9 Å². The van der Waals surface area contributed by atoms with Gasteiger partial charge in [0.1, 0.15) is 0 Å². The van der Waals surface area contributed by atoms with Gasteiger partial charge in [-0.15, -0.1) is 0 Å². The molecule has 2 aliphatic rings. The average Bonchev–Trinajstić information content (AvgIpc) is 3.26. The maximum atomic E-state index is 2.40. The third-order valence-electron chi connectivity index (χ3n) is 10.5. The minimum Gasteiger partial charge on any atom is -0.317 e. The first-order valence-corrected chi connectivity index (χ1v) is 19.8. The molecule has 0 heterocycles. The van der Waals surface area contributed by atoms with Gasteiger partial charge in [0.2, 0.25) is 0 Å². The molecular weight excluding hydrogens is 677 g/mol. The standard InChI is InChI=1S/C54H48N2/c1-41-17-15-27-51(37-41)55(39-53(45-19-7-3-8-20-45)46-21-9-4-10-22-46)49-33-29-43(30-34-49)44-31-35-50(36-32-44)56(52-28-16-18-42(2)38-52)40-54(47-23-11-5-12-24-47)48-25-13-6-14-26-48/h3-5,7-11,13,15-23,25-40H,6,12,14,24H2,1-2H3/b54-40-. The van der Waals surface area contributed by atoms with Crippen molar-refractivity contribution < 1.29 is 0 Å². The highest BCUT2D eigenvalue weighted by Crippen LogP contribution is 2.37. The van der Waals surface area contributed by atoms with Gasteiger partial charge in [0, 0.05) is 46.3 Å². The molecule has 0 amide bonds. The molecule has 0 saturated heterocycles. The molecule has 2 heteroatoms. The summed E-state index contributed by atoms with van der Waals surface area (Å²) in [7, 11) is 0. The number of benzene rings is 6. The third kappa shape index (κ3) is 8.51. The molecule has 8 rings (SSSR count). The van der Waals surface area contributed by atoms with Crippen LogP contribution in [0.3, 0.4) is 0 Å². The number of aryl methyl sites for hydroxylation is 2. The smallest absolute Gasteiger partial charge is 0.0458 e. The number of allylic oxidation sites excluding steroid dienone is 9. The molecule has 0 atom stereocenters. The van der Waals surface area contributed by atoms with Crippen molar-refractivity contribution in [2.24, 2.45) is 0 Å². The fraction of sp³-hybridized carbons (Fsp3) is 0.111. The van der Waals surface area contributed by atoms with Crippen molar-refractivity contribution in [3.05, 3.63) is 246 Å². The minimum absolute atomic E-state index is 1.04. The summed E-state index contributed by atoms with van der Waals surface area (Å²) in [5.41, 5.74) is 16.8. The van der Waals surface area contributed by atoms with Crippen LogP contribution in [0, 0.1) is 13.8 Å². The minimum atomic E-state index is 1.04. The molecule has 274 valence electrons. The molecule has 6 aromatic rings. The largest absolute Gasteiger partial charge is 0.317 e. The third-order valence-corrected chi connectivity index (χ3v) is 10.5. The van der Waals surface area contributed by atoms with Gasteiger partial charge in [-0.3, -0.25) is 0 Å². The molecule has 0 spiro atoms. The zero-order valence-electron chi connectivity index (χ0n) is 32.4. The molecule has 0 aliphatic heterocycles. The summed E-state index contributed by atoms with van der Waals surface area (Å²) in [6.07, 6.45) is 22.7. The molecule has 2 nitrogen and oxygen atoms in total. The lowest BCUT2D eigenvalue weighted by Crippen LogP contribution is -2.12. The molecule has 6 aromatic carbocycles. The first kappa shape index (κ1) is 36.3. The second-order valence-electron chi connectivity index (χ2n) is 14.6. The Bertz CT molecular complexity index is 2420. The summed E-state index contributed by atoms with van der Waals surface area (Å²) in [5, 5.41) is 0. The molecule has 0 unspecified atom stereocenters. The Labute approximate surface area is 333 Å². The fourth-order valence-corrected chi connectivity index (χ4v) is 7.57. The van der Waals surface area contributed by atoms with Crippen LogP contribution in [0.15, 0.2) is 223 Å². The first-order valence-electron chi connectivity index (χ1n) is 19.8. The van der Waals surface area contributed by atoms with E-state index < -0.39 is 0 Å². The van der Waals surface area contributed by atoms with E-state index in [1.807, 2.05) is 0 Å². The van der Waals surface area contributed by atoms with E-state index in [0.29, 0.717) is 0 Å². The number of hydrogen-bond acceptors (Lipinski definition) is 2. The fourth-order valence-electron chi connectivity index (χ4n) is 7.57. The SMILES string of the molecule is Cc1cccc(N(C=C(c2ccccc2)c2ccccc2)c2ccc(-c3ccc(N(/C=C(\C4=CCCC=C4)C4=CC=CCC4)c4cccc(C)c4)cc3)cc2)c1. The molecule has 0 bridgehead atoms. The molecule has 0 aromatic heterocycles. The maximum absolute atomic E-state index is 2.40. The Morgan fingerprint density at radius 2 is 1.02 bits per heavy atom. The average molecular weight is 725 g/mol. The van der Waals surface area contributed by atoms with Crippen molar-refractivity contribution in [3.8, 4) is 11.1 Å². The van der Waals surface area contributed by atoms with Gasteiger partial charge in [-0.1, -0.05) is 146 Å². The number of nitrogens with zero attached hydrogens (tertiary/aromatic N) is 2. The van der Waals surface area contributed by atoms with E-state index in [9.17, 15) is 0 Å². The van der Waals surface area contributed by atoms with Crippen LogP contribution in [0.5, 0.6) is 0 Å². The van der Waals surface area contributed by atoms with Crippen LogP contribution in [0.25, 0.3) is 16.7 Å². The van der Waals surface area contributed by atoms with Gasteiger partial charge < -0.3 is 9.80 Å². The van der Waals surface area contributed by atoms with Gasteiger partial charge in [-0.2, -0.15) is 0 Å². The van der Waals surface area contributed by atoms with Crippen molar-refractivity contribution in [2.45, 2.75) is 39.5 Å². The van der Waals surface area contributed by atoms with Gasteiger partial charge in [0.05, 0.1) is 0 Å². The lowest BCUT2D eigenvalue weighted by molar-refractivity contribution is 0.959. The molecule has 2 aliphatic carbocycles. The van der Waals surface area contributed by atoms with E-state index in [1.54, 1.807) is 0 Å². The summed E-state index contributed by atoms with van der Waals surface area (Å²) in [4.78, 5) is 4.67. The van der Waals surface area contributed by atoms with E-state index in [1.165, 1.54) is 50.1 Å². The molecule has 0 radical (unpaired) electrons. The van der Waals surface area contributed by atoms with Crippen molar-refractivity contribution in [1.29, 1.82) is 0 Å². The van der Waals surface area contributed by atoms with E-state index in [2.05, 4.69) is 230 Å². The highest BCUT2D eigenvalue weighted by molar-refractivity contribution is 5.84. The summed E-state index contributed by atoms with van der Waals surface area (Å²) < 4.78 is 0. The van der Waals surface area contributed by atoms with Gasteiger partial charge in [-0.25, -0.2) is 0 Å². The van der Waals surface area contributed by atoms with Gasteiger partial charge in [0.15, 0.2) is 0 Å². The highest BCUT2D eigenvalue weighted by Gasteiger charge is 2.17. The second-order valence-corrected chi connectivity index (χ2v) is 14.6. The predicted octanol–water partition coefficient (Wildman–Crippen LogP) is 14.8. The summed E-state index contributed by atoms with van der Waals surface area (Å²) in [5.74, 6) is 0. The van der Waals surface area contributed by atoms with Crippen molar-refractivity contribution in [2.75, 3.05) is 9.80 Å². The molecule has 0 saturated carbocycles. The van der Waals surface area contributed by atoms with E-state index in [-0.39, 0.29) is 0 Å². The molecule has 56 heavy (non-hydrogen) atoms. The summed E-state index contributed by atoms with van der Waals surface area (Å²) in [6, 6.07) is 56.8. The van der Waals surface area contributed by atoms with Crippen molar-refractivity contribution in [3.63, 3.8) is 0 Å². The Balaban J connectivity index is 1.15. The zero-order valence-corrected chi connectivity index (χ0v) is 32.4. The van der Waals surface area contributed by atoms with Gasteiger partial charge >= 0.3 is 0 Å². The van der Waals surface area contributed by atoms with Crippen LogP contribution in [0.2, 0.25) is 0 Å². The Hall–Kier alpha value is -6.64. The van der Waals surface area contributed by atoms with Crippen molar-refractivity contribution in [1.82, 2.24) is 0 Å². The van der Waals surface area contributed by atoms with Gasteiger partial charge in [-0.05, 0) is 133 Å². The van der Waals surface area contributed by atoms with Crippen LogP contribution >= 0.6 is 0 Å². The summed E-state index contributed by atoms with van der Waals surface area (Å²) >= 11 is 0. The highest BCUT2D eigenvalue weighted by atomic mass is 15.1. The number of anilines is 4. The van der Waals surface area contributed by atoms with Gasteiger partial charge in [0.25, 0.3) is 0 Å². The topological polar surface area (TPSA) is 6.48 Å². The van der Waals surface area contributed by atoms with Crippen LogP contribution in [-0.2, 0) is 0 Å². The molecule has 0 fully saturated rings. The first-order chi connectivity index (χ1) is 27.6. The maximum Gasteiger partial charge on any atom is 0.0458 e. The second kappa shape index (κ2) is 17.2. The Morgan fingerprint density at radius 3 is 1.48 bits per heavy atom. The van der Waals surface area contributed by atoms with E-state index in [4.69, 9.17) is 0 Å². The number of rotatable bonds is 11. The van der Waals surface area contributed by atoms with Crippen LogP contribution in [-0.4, -0.2) is 0 Å². The van der Waals surface area contributed by atoms with E-state index in [0.717, 1.165) is 54.0 Å². The molecular formula is C54H48N2. The normalized spacial score (nSPS) is 13.8. The predicted molar refractivity (Wildman–Crippen MR) is 239 cm³/mol. The van der Waals surface area contributed by atoms with E-state index >= 15 is 0 Å². The van der Waals surface area contributed by atoms with Crippen LogP contribution in [0.4, 0.5) is 22.7 Å². The van der Waals surface area contributed by atoms with Crippen molar-refractivity contribution >= 4 is 28.3 Å². The quantitative estimate of drug-likeness (QED) is 0.131. The van der Waals surface area contributed by atoms with Crippen LogP contribution < -0.4 is 9.80 Å². The molecule has 0 N–H and O–H groups in total. The Morgan fingerprint density at radius 1 is 0.482 bits per heavy atom. The lowest BCUT2D eigenvalue weighted by Gasteiger charge is -2.26. The zero-order chi connectivity index (χ0) is 38.1. The Kier molecular flexibility index (Phi) is 11.2. The summed E-state index contributed by atoms with van der Waals surface area (Å²) in [6.45, 7) is 4.32.